The summed E-state index contributed by atoms with van der Waals surface area (Å²) in [4.78, 5) is 13.9. The molecule has 3 heterocycles. The molecule has 7 nitrogen and oxygen atoms in total. The maximum atomic E-state index is 13.9. The van der Waals surface area contributed by atoms with Crippen LogP contribution in [0.5, 0.6) is 0 Å². The van der Waals surface area contributed by atoms with Crippen molar-refractivity contribution in [3.8, 4) is 0 Å². The Labute approximate surface area is 181 Å². The third-order valence-electron chi connectivity index (χ3n) is 10.6. The summed E-state index contributed by atoms with van der Waals surface area (Å²) in [6.07, 6.45) is -0.750. The fraction of sp³-hybridized carbons (Fsp3) is 0.875. The first-order valence-corrected chi connectivity index (χ1v) is 11.7. The largest absolute Gasteiger partial charge is 0.390 e. The minimum atomic E-state index is -1.64. The Balaban J connectivity index is 1.50. The van der Waals surface area contributed by atoms with Crippen LogP contribution in [0.4, 0.5) is 0 Å². The van der Waals surface area contributed by atoms with Crippen molar-refractivity contribution in [1.82, 2.24) is 0 Å². The molecule has 3 aliphatic heterocycles. The van der Waals surface area contributed by atoms with Crippen LogP contribution in [0.3, 0.4) is 0 Å². The number of hydrogen-bond acceptors (Lipinski definition) is 7. The second-order valence-electron chi connectivity index (χ2n) is 12.4. The molecule has 12 atom stereocenters. The highest BCUT2D eigenvalue weighted by molar-refractivity contribution is 6.01. The van der Waals surface area contributed by atoms with Gasteiger partial charge < -0.3 is 29.5 Å². The highest BCUT2D eigenvalue weighted by atomic mass is 16.8. The summed E-state index contributed by atoms with van der Waals surface area (Å²) in [5.74, 6) is -3.85. The number of ether oxygens (including phenoxy) is 3. The molecule has 3 saturated heterocycles. The van der Waals surface area contributed by atoms with Gasteiger partial charge in [-0.1, -0.05) is 26.0 Å². The molecule has 2 spiro atoms. The van der Waals surface area contributed by atoms with Crippen LogP contribution in [0.25, 0.3) is 0 Å². The van der Waals surface area contributed by atoms with Crippen LogP contribution in [-0.2, 0) is 19.0 Å². The van der Waals surface area contributed by atoms with E-state index in [9.17, 15) is 20.1 Å². The summed E-state index contributed by atoms with van der Waals surface area (Å²) in [5, 5.41) is 34.4. The quantitative estimate of drug-likeness (QED) is 0.339. The Kier molecular flexibility index (Phi) is 3.15. The van der Waals surface area contributed by atoms with Gasteiger partial charge in [0.1, 0.15) is 12.2 Å². The number of Topliss-reactive ketones (excluding diaryl/α,β-unsaturated/α-hetero) is 1. The van der Waals surface area contributed by atoms with E-state index >= 15 is 0 Å². The van der Waals surface area contributed by atoms with E-state index in [1.165, 1.54) is 13.8 Å². The van der Waals surface area contributed by atoms with Crippen LogP contribution in [-0.4, -0.2) is 63.7 Å². The molecule has 0 aromatic heterocycles. The molecule has 2 bridgehead atoms. The van der Waals surface area contributed by atoms with Gasteiger partial charge in [-0.25, -0.2) is 0 Å². The Morgan fingerprint density at radius 2 is 1.90 bits per heavy atom. The number of carbonyl (C=O) groups is 1. The van der Waals surface area contributed by atoms with Crippen LogP contribution in [0.1, 0.15) is 40.5 Å². The van der Waals surface area contributed by atoms with Crippen molar-refractivity contribution in [2.45, 2.75) is 76.5 Å². The van der Waals surface area contributed by atoms with E-state index < -0.39 is 40.0 Å². The molecule has 0 radical (unpaired) electrons. The SMILES string of the molecule is C=C1C2C(=O)[C@]34[C@H]2[C@H]1CC[C@H]3[C@@]12CO[C@]4(OC(C)(C)O)[C@@H](O)[C@@H]1C(C)(C)C1OC1C2O. The lowest BCUT2D eigenvalue weighted by molar-refractivity contribution is -0.507. The molecular weight excluding hydrogens is 400 g/mol. The molecule has 31 heavy (non-hydrogen) atoms. The summed E-state index contributed by atoms with van der Waals surface area (Å²) in [6.45, 7) is 11.5. The van der Waals surface area contributed by atoms with Crippen molar-refractivity contribution in [2.75, 3.05) is 6.61 Å². The number of aliphatic hydroxyl groups is 3. The molecule has 0 aromatic carbocycles. The van der Waals surface area contributed by atoms with Crippen molar-refractivity contribution >= 4 is 5.78 Å². The Bertz CT molecular complexity index is 937. The minimum absolute atomic E-state index is 0.00752. The van der Waals surface area contributed by atoms with Crippen LogP contribution in [0, 0.1) is 45.8 Å². The zero-order chi connectivity index (χ0) is 22.1. The van der Waals surface area contributed by atoms with E-state index in [4.69, 9.17) is 14.2 Å². The first kappa shape index (κ1) is 19.6. The second-order valence-corrected chi connectivity index (χ2v) is 12.4. The molecule has 3 N–H and O–H groups in total. The Morgan fingerprint density at radius 1 is 1.19 bits per heavy atom. The lowest BCUT2D eigenvalue weighted by atomic mass is 9.23. The zero-order valence-corrected chi connectivity index (χ0v) is 18.5. The summed E-state index contributed by atoms with van der Waals surface area (Å²) < 4.78 is 18.6. The van der Waals surface area contributed by atoms with Gasteiger partial charge in [-0.05, 0) is 49.9 Å². The smallest absolute Gasteiger partial charge is 0.211 e. The van der Waals surface area contributed by atoms with Gasteiger partial charge in [0.25, 0.3) is 0 Å². The highest BCUT2D eigenvalue weighted by Crippen LogP contribution is 2.85. The molecule has 8 rings (SSSR count). The van der Waals surface area contributed by atoms with Crippen LogP contribution < -0.4 is 0 Å². The van der Waals surface area contributed by atoms with E-state index in [2.05, 4.69) is 20.4 Å². The van der Waals surface area contributed by atoms with Crippen molar-refractivity contribution in [3.63, 3.8) is 0 Å². The fourth-order valence-corrected chi connectivity index (χ4v) is 9.89. The van der Waals surface area contributed by atoms with Gasteiger partial charge in [0.15, 0.2) is 11.6 Å². The monoisotopic (exact) mass is 432 g/mol. The number of fused-ring (bicyclic) bond motifs is 2. The topological polar surface area (TPSA) is 109 Å². The summed E-state index contributed by atoms with van der Waals surface area (Å²) in [6, 6.07) is 0. The number of aliphatic hydroxyl groups excluding tert-OH is 2. The normalized spacial score (nSPS) is 62.0. The third kappa shape index (κ3) is 1.65. The van der Waals surface area contributed by atoms with Gasteiger partial charge in [-0.15, -0.1) is 0 Å². The summed E-state index contributed by atoms with van der Waals surface area (Å²) in [5.41, 5.74) is -1.31. The molecule has 0 aromatic rings. The summed E-state index contributed by atoms with van der Waals surface area (Å²) >= 11 is 0. The lowest BCUT2D eigenvalue weighted by Gasteiger charge is -2.83. The second kappa shape index (κ2) is 4.98. The van der Waals surface area contributed by atoms with Crippen molar-refractivity contribution in [3.05, 3.63) is 12.2 Å². The number of allylic oxidation sites excluding steroid dienone is 1. The van der Waals surface area contributed by atoms with Crippen molar-refractivity contribution in [1.29, 1.82) is 0 Å². The average Bonchev–Trinajstić information content (AvgIpc) is 3.46. The van der Waals surface area contributed by atoms with Crippen LogP contribution in [0.2, 0.25) is 0 Å². The highest BCUT2D eigenvalue weighted by Gasteiger charge is 2.94. The Hall–Kier alpha value is -0.830. The van der Waals surface area contributed by atoms with Gasteiger partial charge in [0, 0.05) is 17.3 Å². The molecule has 5 aliphatic carbocycles. The minimum Gasteiger partial charge on any atom is -0.390 e. The molecule has 0 amide bonds. The first-order chi connectivity index (χ1) is 14.4. The van der Waals surface area contributed by atoms with E-state index in [0.29, 0.717) is 0 Å². The van der Waals surface area contributed by atoms with E-state index in [0.717, 1.165) is 18.4 Å². The molecular formula is C24H32O7. The number of ketones is 1. The van der Waals surface area contributed by atoms with Crippen molar-refractivity contribution < 1.29 is 34.3 Å². The van der Waals surface area contributed by atoms with Gasteiger partial charge in [0.2, 0.25) is 5.79 Å². The first-order valence-electron chi connectivity index (χ1n) is 11.7. The Morgan fingerprint density at radius 3 is 2.58 bits per heavy atom. The fourth-order valence-electron chi connectivity index (χ4n) is 9.89. The number of rotatable bonds is 2. The lowest BCUT2D eigenvalue weighted by Crippen LogP contribution is -2.93. The molecule has 4 unspecified atom stereocenters. The predicted molar refractivity (Wildman–Crippen MR) is 106 cm³/mol. The molecule has 5 saturated carbocycles. The average molecular weight is 433 g/mol. The molecule has 7 heteroatoms. The van der Waals surface area contributed by atoms with Crippen LogP contribution in [0.15, 0.2) is 12.2 Å². The summed E-state index contributed by atoms with van der Waals surface area (Å²) in [7, 11) is 0. The van der Waals surface area contributed by atoms with Gasteiger partial charge >= 0.3 is 0 Å². The van der Waals surface area contributed by atoms with Crippen molar-refractivity contribution in [2.24, 2.45) is 45.8 Å². The molecule has 170 valence electrons. The van der Waals surface area contributed by atoms with Crippen LogP contribution >= 0.6 is 0 Å². The number of hydrogen-bond donors (Lipinski definition) is 3. The maximum absolute atomic E-state index is 13.9. The third-order valence-corrected chi connectivity index (χ3v) is 10.6. The number of epoxide rings is 1. The standard InChI is InChI=1S/C24H32O7/c1-9-10-6-7-11-22-8-29-24(31-21(4,5)28,23(11)13(10)12(9)16(23)25)18(27)15(22)20(2,3)19-14(30-19)17(22)26/h10-15,17-19,26-28H,1,6-8H2,2-5H3/t10-,11-,12?,13-,14?,15+,17?,18-,19?,22-,23+,24-/m0/s1. The van der Waals surface area contributed by atoms with E-state index in [1.54, 1.807) is 0 Å². The zero-order valence-electron chi connectivity index (χ0n) is 18.5. The van der Waals surface area contributed by atoms with E-state index in [1.807, 2.05) is 0 Å². The van der Waals surface area contributed by atoms with Gasteiger partial charge in [-0.3, -0.25) is 4.79 Å². The number of carbonyl (C=O) groups excluding carboxylic acids is 1. The van der Waals surface area contributed by atoms with Gasteiger partial charge in [-0.2, -0.15) is 0 Å². The predicted octanol–water partition coefficient (Wildman–Crippen LogP) is 1.00. The molecule has 8 fully saturated rings. The maximum Gasteiger partial charge on any atom is 0.211 e. The van der Waals surface area contributed by atoms with E-state index in [-0.39, 0.29) is 54.2 Å². The van der Waals surface area contributed by atoms with Gasteiger partial charge in [0.05, 0.1) is 24.2 Å². The molecule has 8 aliphatic rings.